The van der Waals surface area contributed by atoms with Crippen molar-refractivity contribution in [2.24, 2.45) is 0 Å². The van der Waals surface area contributed by atoms with E-state index in [-0.39, 0.29) is 17.7 Å². The van der Waals surface area contributed by atoms with Gasteiger partial charge in [0, 0.05) is 11.6 Å². The molecule has 0 saturated heterocycles. The molecule has 0 atom stereocenters. The van der Waals surface area contributed by atoms with E-state index in [0.29, 0.717) is 11.1 Å². The van der Waals surface area contributed by atoms with Gasteiger partial charge in [0.1, 0.15) is 5.52 Å². The summed E-state index contributed by atoms with van der Waals surface area (Å²) in [6, 6.07) is 8.24. The summed E-state index contributed by atoms with van der Waals surface area (Å²) in [5.74, 6) is -0.994. The Hall–Kier alpha value is -2.89. The average Bonchev–Trinajstić information content (AvgIpc) is 2.91. The Morgan fingerprint density at radius 1 is 1.35 bits per heavy atom. The van der Waals surface area contributed by atoms with Crippen LogP contribution in [-0.4, -0.2) is 25.8 Å². The van der Waals surface area contributed by atoms with Gasteiger partial charge in [0.25, 0.3) is 5.56 Å². The number of aromatic amines is 1. The molecule has 0 spiro atoms. The lowest BCUT2D eigenvalue weighted by atomic mass is 10.1. The largest absolute Gasteiger partial charge is 0.478 e. The van der Waals surface area contributed by atoms with E-state index in [4.69, 9.17) is 5.11 Å². The molecule has 0 unspecified atom stereocenters. The van der Waals surface area contributed by atoms with Crippen molar-refractivity contribution in [1.82, 2.24) is 14.8 Å². The standard InChI is InChI=1S/C14H11N3O3/c18-13-12-11(4-5-15-12)7-16-17(13)8-9-2-1-3-10(6-9)14(19)20/h1-7,15H,8H2,(H,19,20). The number of carboxylic acid groups (broad SMARTS) is 1. The third kappa shape index (κ3) is 2.07. The van der Waals surface area contributed by atoms with Crippen LogP contribution in [0.2, 0.25) is 0 Å². The summed E-state index contributed by atoms with van der Waals surface area (Å²) in [6.07, 6.45) is 3.29. The van der Waals surface area contributed by atoms with Crippen LogP contribution >= 0.6 is 0 Å². The maximum absolute atomic E-state index is 12.2. The smallest absolute Gasteiger partial charge is 0.335 e. The SMILES string of the molecule is O=C(O)c1cccc(Cn2ncc3cc[nH]c3c2=O)c1. The third-order valence-corrected chi connectivity index (χ3v) is 3.07. The predicted molar refractivity (Wildman–Crippen MR) is 72.9 cm³/mol. The van der Waals surface area contributed by atoms with Gasteiger partial charge >= 0.3 is 5.97 Å². The van der Waals surface area contributed by atoms with Crippen molar-refractivity contribution in [3.63, 3.8) is 0 Å². The first-order chi connectivity index (χ1) is 9.65. The van der Waals surface area contributed by atoms with Gasteiger partial charge in [-0.2, -0.15) is 5.10 Å². The summed E-state index contributed by atoms with van der Waals surface area (Å²) >= 11 is 0. The number of aromatic nitrogens is 3. The van der Waals surface area contributed by atoms with Crippen LogP contribution in [0.3, 0.4) is 0 Å². The fourth-order valence-electron chi connectivity index (χ4n) is 2.08. The molecule has 2 N–H and O–H groups in total. The Labute approximate surface area is 113 Å². The quantitative estimate of drug-likeness (QED) is 0.753. The molecule has 3 rings (SSSR count). The summed E-state index contributed by atoms with van der Waals surface area (Å²) in [4.78, 5) is 26.0. The molecule has 20 heavy (non-hydrogen) atoms. The molecule has 0 aliphatic carbocycles. The molecule has 6 nitrogen and oxygen atoms in total. The lowest BCUT2D eigenvalue weighted by molar-refractivity contribution is 0.0696. The van der Waals surface area contributed by atoms with Gasteiger partial charge in [0.15, 0.2) is 0 Å². The number of rotatable bonds is 3. The van der Waals surface area contributed by atoms with Gasteiger partial charge in [0.2, 0.25) is 0 Å². The molecule has 0 bridgehead atoms. The molecular formula is C14H11N3O3. The molecule has 0 radical (unpaired) electrons. The van der Waals surface area contributed by atoms with E-state index >= 15 is 0 Å². The molecule has 3 aromatic rings. The molecular weight excluding hydrogens is 258 g/mol. The molecule has 0 amide bonds. The zero-order chi connectivity index (χ0) is 14.1. The number of H-pyrrole nitrogens is 1. The number of fused-ring (bicyclic) bond motifs is 1. The van der Waals surface area contributed by atoms with E-state index in [2.05, 4.69) is 10.1 Å². The number of benzene rings is 1. The van der Waals surface area contributed by atoms with Crippen LogP contribution in [0.15, 0.2) is 47.5 Å². The first-order valence-electron chi connectivity index (χ1n) is 6.00. The second-order valence-corrected chi connectivity index (χ2v) is 4.42. The Morgan fingerprint density at radius 3 is 3.00 bits per heavy atom. The number of hydrogen-bond donors (Lipinski definition) is 2. The highest BCUT2D eigenvalue weighted by atomic mass is 16.4. The number of carboxylic acids is 1. The lowest BCUT2D eigenvalue weighted by Gasteiger charge is -2.05. The number of carbonyl (C=O) groups is 1. The van der Waals surface area contributed by atoms with E-state index < -0.39 is 5.97 Å². The fraction of sp³-hybridized carbons (Fsp3) is 0.0714. The molecule has 0 saturated carbocycles. The van der Waals surface area contributed by atoms with Crippen molar-refractivity contribution in [1.29, 1.82) is 0 Å². The lowest BCUT2D eigenvalue weighted by Crippen LogP contribution is -2.23. The van der Waals surface area contributed by atoms with E-state index in [1.54, 1.807) is 30.6 Å². The summed E-state index contributed by atoms with van der Waals surface area (Å²) in [6.45, 7) is 0.231. The molecule has 0 aliphatic heterocycles. The molecule has 1 aromatic carbocycles. The Bertz CT molecular complexity index is 848. The highest BCUT2D eigenvalue weighted by Crippen LogP contribution is 2.08. The second kappa shape index (κ2) is 4.65. The number of nitrogens with zero attached hydrogens (tertiary/aromatic N) is 2. The third-order valence-electron chi connectivity index (χ3n) is 3.07. The fourth-order valence-corrected chi connectivity index (χ4v) is 2.08. The van der Waals surface area contributed by atoms with Gasteiger partial charge in [-0.3, -0.25) is 4.79 Å². The highest BCUT2D eigenvalue weighted by Gasteiger charge is 2.07. The number of nitrogens with one attached hydrogen (secondary N) is 1. The minimum atomic E-state index is -0.994. The molecule has 2 heterocycles. The van der Waals surface area contributed by atoms with Crippen LogP contribution in [0, 0.1) is 0 Å². The first kappa shape index (κ1) is 12.2. The minimum Gasteiger partial charge on any atom is -0.478 e. The normalized spacial score (nSPS) is 10.8. The molecule has 6 heteroatoms. The van der Waals surface area contributed by atoms with Crippen LogP contribution in [0.25, 0.3) is 10.9 Å². The summed E-state index contributed by atoms with van der Waals surface area (Å²) in [5.41, 5.74) is 1.17. The van der Waals surface area contributed by atoms with E-state index in [9.17, 15) is 9.59 Å². The zero-order valence-corrected chi connectivity index (χ0v) is 10.4. The Morgan fingerprint density at radius 2 is 2.20 bits per heavy atom. The van der Waals surface area contributed by atoms with E-state index in [1.807, 2.05) is 0 Å². The van der Waals surface area contributed by atoms with E-state index in [1.165, 1.54) is 16.8 Å². The predicted octanol–water partition coefficient (Wildman–Crippen LogP) is 1.47. The molecule has 0 fully saturated rings. The van der Waals surface area contributed by atoms with Crippen LogP contribution in [0.1, 0.15) is 15.9 Å². The monoisotopic (exact) mass is 269 g/mol. The summed E-state index contributed by atoms with van der Waals surface area (Å²) < 4.78 is 1.31. The van der Waals surface area contributed by atoms with Gasteiger partial charge in [-0.05, 0) is 23.8 Å². The number of hydrogen-bond acceptors (Lipinski definition) is 3. The van der Waals surface area contributed by atoms with Crippen LogP contribution < -0.4 is 5.56 Å². The van der Waals surface area contributed by atoms with Crippen molar-refractivity contribution >= 4 is 16.9 Å². The van der Waals surface area contributed by atoms with Crippen molar-refractivity contribution in [2.45, 2.75) is 6.54 Å². The Kier molecular flexibility index (Phi) is 2.83. The van der Waals surface area contributed by atoms with Crippen LogP contribution in [0.4, 0.5) is 0 Å². The van der Waals surface area contributed by atoms with Gasteiger partial charge in [0.05, 0.1) is 18.3 Å². The maximum atomic E-state index is 12.2. The van der Waals surface area contributed by atoms with E-state index in [0.717, 1.165) is 5.39 Å². The first-order valence-corrected chi connectivity index (χ1v) is 6.00. The minimum absolute atomic E-state index is 0.191. The zero-order valence-electron chi connectivity index (χ0n) is 10.4. The second-order valence-electron chi connectivity index (χ2n) is 4.42. The van der Waals surface area contributed by atoms with Crippen LogP contribution in [0.5, 0.6) is 0 Å². The van der Waals surface area contributed by atoms with Gasteiger partial charge in [-0.1, -0.05) is 12.1 Å². The number of aromatic carboxylic acids is 1. The van der Waals surface area contributed by atoms with Gasteiger partial charge in [-0.25, -0.2) is 9.48 Å². The maximum Gasteiger partial charge on any atom is 0.335 e. The topological polar surface area (TPSA) is 88.0 Å². The Balaban J connectivity index is 2.01. The van der Waals surface area contributed by atoms with Crippen LogP contribution in [-0.2, 0) is 6.54 Å². The van der Waals surface area contributed by atoms with Crippen molar-refractivity contribution in [2.75, 3.05) is 0 Å². The molecule has 100 valence electrons. The van der Waals surface area contributed by atoms with Crippen molar-refractivity contribution < 1.29 is 9.90 Å². The summed E-state index contributed by atoms with van der Waals surface area (Å²) in [7, 11) is 0. The highest BCUT2D eigenvalue weighted by molar-refractivity contribution is 5.87. The van der Waals surface area contributed by atoms with Gasteiger partial charge in [-0.15, -0.1) is 0 Å². The van der Waals surface area contributed by atoms with Crippen molar-refractivity contribution in [3.05, 3.63) is 64.2 Å². The average molecular weight is 269 g/mol. The molecule has 2 aromatic heterocycles. The van der Waals surface area contributed by atoms with Gasteiger partial charge < -0.3 is 10.1 Å². The van der Waals surface area contributed by atoms with Crippen molar-refractivity contribution in [3.8, 4) is 0 Å². The summed E-state index contributed by atoms with van der Waals surface area (Å²) in [5, 5.41) is 13.8. The molecule has 0 aliphatic rings.